The first-order valence-corrected chi connectivity index (χ1v) is 14.7. The number of amides is 3. The Balaban J connectivity index is 1.69. The Kier molecular flexibility index (Phi) is 11.8. The third-order valence-electron chi connectivity index (χ3n) is 6.54. The minimum absolute atomic E-state index is 0.000217. The molecule has 10 nitrogen and oxygen atoms in total. The van der Waals surface area contributed by atoms with Gasteiger partial charge in [-0.3, -0.25) is 19.3 Å². The van der Waals surface area contributed by atoms with Gasteiger partial charge in [0.1, 0.15) is 24.7 Å². The maximum Gasteiger partial charge on any atom is 0.410 e. The predicted octanol–water partition coefficient (Wildman–Crippen LogP) is 3.39. The molecule has 2 aromatic carbocycles. The number of benzene rings is 2. The van der Waals surface area contributed by atoms with E-state index in [1.807, 2.05) is 36.4 Å². The van der Waals surface area contributed by atoms with E-state index in [0.717, 1.165) is 5.56 Å². The van der Waals surface area contributed by atoms with E-state index in [1.165, 1.54) is 21.6 Å². The number of carbonyl (C=O) groups excluding carboxylic acids is 5. The van der Waals surface area contributed by atoms with Crippen LogP contribution in [0.2, 0.25) is 0 Å². The van der Waals surface area contributed by atoms with Crippen molar-refractivity contribution in [3.05, 3.63) is 71.8 Å². The molecule has 0 radical (unpaired) electrons. The van der Waals surface area contributed by atoms with Gasteiger partial charge in [-0.2, -0.15) is 0 Å². The number of Topliss-reactive ketones (excluding diaryl/α,β-unsaturated/α-hetero) is 1. The monoisotopic (exact) mass is 583 g/mol. The standard InChI is InChI=1S/C30H37N3O7S/c1-5-32(30(38)39-17-23-14-10-7-11-15-23)21(4)28(36)33-19-41-18-25(33)31-27(35)24(16-22-12-8-6-9-13-22)26(34)29(37)40-20(2)3/h6-15,20-21,24-25H,5,16-19H2,1-4H3,(H,31,35)/t21-,24-,25+/m0/s1. The number of rotatable bonds is 12. The smallest absolute Gasteiger partial charge is 0.410 e. The second-order valence-corrected chi connectivity index (χ2v) is 10.9. The zero-order chi connectivity index (χ0) is 29.9. The van der Waals surface area contributed by atoms with E-state index >= 15 is 0 Å². The van der Waals surface area contributed by atoms with Gasteiger partial charge in [0.2, 0.25) is 11.8 Å². The molecule has 11 heteroatoms. The summed E-state index contributed by atoms with van der Waals surface area (Å²) in [5, 5.41) is 2.79. The van der Waals surface area contributed by atoms with Crippen molar-refractivity contribution in [2.24, 2.45) is 5.92 Å². The lowest BCUT2D eigenvalue weighted by molar-refractivity contribution is -0.160. The summed E-state index contributed by atoms with van der Waals surface area (Å²) in [7, 11) is 0. The summed E-state index contributed by atoms with van der Waals surface area (Å²) in [5.74, 6) is -3.73. The number of nitrogens with one attached hydrogen (secondary N) is 1. The molecule has 3 atom stereocenters. The first kappa shape index (κ1) is 31.7. The molecule has 0 aliphatic carbocycles. The van der Waals surface area contributed by atoms with Gasteiger partial charge in [-0.05, 0) is 45.2 Å². The molecular formula is C30H37N3O7S. The van der Waals surface area contributed by atoms with Crippen LogP contribution in [0.25, 0.3) is 0 Å². The number of ketones is 1. The van der Waals surface area contributed by atoms with Crippen molar-refractivity contribution in [1.29, 1.82) is 0 Å². The Morgan fingerprint density at radius 1 is 0.976 bits per heavy atom. The largest absolute Gasteiger partial charge is 0.457 e. The molecule has 1 heterocycles. The number of thioether (sulfide) groups is 1. The van der Waals surface area contributed by atoms with Crippen molar-refractivity contribution >= 4 is 41.4 Å². The van der Waals surface area contributed by atoms with E-state index in [0.29, 0.717) is 11.3 Å². The molecule has 0 saturated carbocycles. The fourth-order valence-electron chi connectivity index (χ4n) is 4.35. The molecule has 1 saturated heterocycles. The second kappa shape index (κ2) is 15.2. The first-order valence-electron chi connectivity index (χ1n) is 13.6. The molecule has 220 valence electrons. The zero-order valence-corrected chi connectivity index (χ0v) is 24.6. The minimum Gasteiger partial charge on any atom is -0.457 e. The van der Waals surface area contributed by atoms with Gasteiger partial charge in [-0.25, -0.2) is 9.59 Å². The Labute approximate surface area is 244 Å². The van der Waals surface area contributed by atoms with E-state index in [4.69, 9.17) is 9.47 Å². The maximum absolute atomic E-state index is 13.5. The van der Waals surface area contributed by atoms with Gasteiger partial charge >= 0.3 is 12.1 Å². The van der Waals surface area contributed by atoms with Crippen LogP contribution < -0.4 is 5.32 Å². The molecule has 3 rings (SSSR count). The fraction of sp³-hybridized carbons (Fsp3) is 0.433. The predicted molar refractivity (Wildman–Crippen MR) is 154 cm³/mol. The molecule has 0 bridgehead atoms. The topological polar surface area (TPSA) is 122 Å². The van der Waals surface area contributed by atoms with Crippen LogP contribution in [0, 0.1) is 5.92 Å². The van der Waals surface area contributed by atoms with Gasteiger partial charge in [0.25, 0.3) is 5.78 Å². The highest BCUT2D eigenvalue weighted by molar-refractivity contribution is 7.99. The van der Waals surface area contributed by atoms with Crippen molar-refractivity contribution < 1.29 is 33.4 Å². The summed E-state index contributed by atoms with van der Waals surface area (Å²) in [6.07, 6.45) is -1.87. The van der Waals surface area contributed by atoms with Crippen molar-refractivity contribution in [3.63, 3.8) is 0 Å². The first-order chi connectivity index (χ1) is 19.6. The summed E-state index contributed by atoms with van der Waals surface area (Å²) in [4.78, 5) is 68.0. The SMILES string of the molecule is CCN(C(=O)OCc1ccccc1)[C@@H](C)C(=O)N1CSC[C@@H]1NC(=O)[C@@H](Cc1ccccc1)C(=O)C(=O)OC(C)C. The van der Waals surface area contributed by atoms with Gasteiger partial charge in [0, 0.05) is 12.3 Å². The van der Waals surface area contributed by atoms with Crippen LogP contribution >= 0.6 is 11.8 Å². The highest BCUT2D eigenvalue weighted by atomic mass is 32.2. The molecule has 1 aliphatic rings. The van der Waals surface area contributed by atoms with E-state index < -0.39 is 48.0 Å². The highest BCUT2D eigenvalue weighted by Crippen LogP contribution is 2.23. The summed E-state index contributed by atoms with van der Waals surface area (Å²) < 4.78 is 10.5. The second-order valence-electron chi connectivity index (χ2n) is 9.90. The molecule has 2 aromatic rings. The Bertz CT molecular complexity index is 1210. The summed E-state index contributed by atoms with van der Waals surface area (Å²) in [5.41, 5.74) is 1.53. The Morgan fingerprint density at radius 3 is 2.17 bits per heavy atom. The van der Waals surface area contributed by atoms with Crippen LogP contribution in [0.3, 0.4) is 0 Å². The van der Waals surface area contributed by atoms with Crippen LogP contribution in [0.4, 0.5) is 4.79 Å². The van der Waals surface area contributed by atoms with Crippen molar-refractivity contribution in [1.82, 2.24) is 15.1 Å². The lowest BCUT2D eigenvalue weighted by Gasteiger charge is -2.32. The van der Waals surface area contributed by atoms with Crippen LogP contribution in [0.1, 0.15) is 38.8 Å². The summed E-state index contributed by atoms with van der Waals surface area (Å²) in [6, 6.07) is 17.3. The molecule has 3 amide bonds. The molecule has 0 unspecified atom stereocenters. The number of carbonyl (C=O) groups is 5. The summed E-state index contributed by atoms with van der Waals surface area (Å²) >= 11 is 1.43. The van der Waals surface area contributed by atoms with Gasteiger partial charge in [-0.1, -0.05) is 60.7 Å². The zero-order valence-electron chi connectivity index (χ0n) is 23.8. The number of hydrogen-bond donors (Lipinski definition) is 1. The van der Waals surface area contributed by atoms with E-state index in [9.17, 15) is 24.0 Å². The molecular weight excluding hydrogens is 546 g/mol. The van der Waals surface area contributed by atoms with E-state index in [1.54, 1.807) is 52.0 Å². The van der Waals surface area contributed by atoms with Crippen molar-refractivity contribution in [2.75, 3.05) is 18.2 Å². The van der Waals surface area contributed by atoms with Gasteiger partial charge in [0.05, 0.1) is 12.0 Å². The van der Waals surface area contributed by atoms with Crippen molar-refractivity contribution in [3.8, 4) is 0 Å². The average molecular weight is 584 g/mol. The van der Waals surface area contributed by atoms with E-state index in [-0.39, 0.29) is 31.4 Å². The fourth-order valence-corrected chi connectivity index (χ4v) is 5.45. The van der Waals surface area contributed by atoms with Gasteiger partial charge < -0.3 is 19.7 Å². The third-order valence-corrected chi connectivity index (χ3v) is 7.55. The average Bonchev–Trinajstić information content (AvgIpc) is 3.42. The number of hydrogen-bond acceptors (Lipinski definition) is 8. The number of ether oxygens (including phenoxy) is 2. The van der Waals surface area contributed by atoms with Crippen LogP contribution in [-0.4, -0.2) is 75.9 Å². The van der Waals surface area contributed by atoms with Crippen LogP contribution in [0.15, 0.2) is 60.7 Å². The normalized spacial score (nSPS) is 16.0. The maximum atomic E-state index is 13.5. The highest BCUT2D eigenvalue weighted by Gasteiger charge is 2.39. The van der Waals surface area contributed by atoms with E-state index in [2.05, 4.69) is 5.32 Å². The van der Waals surface area contributed by atoms with Gasteiger partial charge in [-0.15, -0.1) is 11.8 Å². The van der Waals surface area contributed by atoms with Crippen LogP contribution in [0.5, 0.6) is 0 Å². The summed E-state index contributed by atoms with van der Waals surface area (Å²) in [6.45, 7) is 6.92. The minimum atomic E-state index is -1.33. The van der Waals surface area contributed by atoms with Crippen molar-refractivity contribution in [2.45, 2.75) is 59.0 Å². The quantitative estimate of drug-likeness (QED) is 0.229. The lowest BCUT2D eigenvalue weighted by atomic mass is 9.94. The molecule has 0 spiro atoms. The molecule has 1 fully saturated rings. The van der Waals surface area contributed by atoms with Crippen LogP contribution in [-0.2, 0) is 41.7 Å². The Hall–Kier alpha value is -3.86. The molecule has 41 heavy (non-hydrogen) atoms. The molecule has 1 aliphatic heterocycles. The van der Waals surface area contributed by atoms with Gasteiger partial charge in [0.15, 0.2) is 0 Å². The number of esters is 1. The number of nitrogens with zero attached hydrogens (tertiary/aromatic N) is 2. The number of likely N-dealkylation sites (N-methyl/N-ethyl adjacent to an activating group) is 1. The molecule has 1 N–H and O–H groups in total. The third kappa shape index (κ3) is 8.81. The molecule has 0 aromatic heterocycles. The lowest BCUT2D eigenvalue weighted by Crippen LogP contribution is -2.56. The Morgan fingerprint density at radius 2 is 1.59 bits per heavy atom.